The summed E-state index contributed by atoms with van der Waals surface area (Å²) in [5.74, 6) is -0.502. The van der Waals surface area contributed by atoms with Crippen LogP contribution in [-0.4, -0.2) is 25.1 Å². The summed E-state index contributed by atoms with van der Waals surface area (Å²) in [6.45, 7) is 2.31. The lowest BCUT2D eigenvalue weighted by Crippen LogP contribution is -2.28. The molecular formula is C18H18BrNO4. The molecule has 1 N–H and O–H groups in total. The fraction of sp³-hybridized carbons (Fsp3) is 0.222. The van der Waals surface area contributed by atoms with Gasteiger partial charge in [0, 0.05) is 11.0 Å². The Kier molecular flexibility index (Phi) is 6.81. The highest BCUT2D eigenvalue weighted by Gasteiger charge is 2.14. The summed E-state index contributed by atoms with van der Waals surface area (Å²) in [7, 11) is 0. The first-order valence-corrected chi connectivity index (χ1v) is 8.29. The van der Waals surface area contributed by atoms with Crippen LogP contribution in [0.1, 0.15) is 22.8 Å². The van der Waals surface area contributed by atoms with Crippen LogP contribution >= 0.6 is 15.9 Å². The first kappa shape index (κ1) is 18.0. The predicted octanol–water partition coefficient (Wildman–Crippen LogP) is 3.32. The van der Waals surface area contributed by atoms with Crippen molar-refractivity contribution in [3.63, 3.8) is 0 Å². The normalized spacial score (nSPS) is 10.1. The van der Waals surface area contributed by atoms with Crippen molar-refractivity contribution < 1.29 is 19.1 Å². The zero-order chi connectivity index (χ0) is 17.4. The maximum Gasteiger partial charge on any atom is 0.342 e. The summed E-state index contributed by atoms with van der Waals surface area (Å²) in [5, 5.41) is 2.70. The van der Waals surface area contributed by atoms with Crippen LogP contribution < -0.4 is 10.1 Å². The second kappa shape index (κ2) is 9.08. The van der Waals surface area contributed by atoms with E-state index in [-0.39, 0.29) is 12.5 Å². The number of carbonyl (C=O) groups excluding carboxylic acids is 2. The van der Waals surface area contributed by atoms with Crippen LogP contribution in [0.15, 0.2) is 53.0 Å². The molecule has 0 atom stereocenters. The molecule has 0 unspecified atom stereocenters. The van der Waals surface area contributed by atoms with Gasteiger partial charge in [0.05, 0.1) is 6.61 Å². The van der Waals surface area contributed by atoms with Gasteiger partial charge in [-0.1, -0.05) is 40.2 Å². The average Bonchev–Trinajstić information content (AvgIpc) is 2.60. The molecule has 2 aromatic rings. The van der Waals surface area contributed by atoms with Gasteiger partial charge >= 0.3 is 5.97 Å². The molecule has 0 spiro atoms. The molecule has 6 heteroatoms. The summed E-state index contributed by atoms with van der Waals surface area (Å²) in [6, 6.07) is 14.4. The lowest BCUT2D eigenvalue weighted by molar-refractivity contribution is -0.124. The predicted molar refractivity (Wildman–Crippen MR) is 93.9 cm³/mol. The number of esters is 1. The minimum Gasteiger partial charge on any atom is -0.493 e. The van der Waals surface area contributed by atoms with E-state index in [2.05, 4.69) is 21.2 Å². The zero-order valence-corrected chi connectivity index (χ0v) is 14.8. The van der Waals surface area contributed by atoms with Crippen LogP contribution in [0.5, 0.6) is 5.75 Å². The SMILES string of the molecule is CCOc1ccccc1C(=O)OCC(=O)NCc1ccc(Br)cc1. The molecule has 0 aliphatic heterocycles. The van der Waals surface area contributed by atoms with Crippen molar-refractivity contribution in [2.24, 2.45) is 0 Å². The van der Waals surface area contributed by atoms with Gasteiger partial charge in [0.15, 0.2) is 6.61 Å². The molecule has 0 heterocycles. The second-order valence-corrected chi connectivity index (χ2v) is 5.82. The van der Waals surface area contributed by atoms with E-state index in [0.29, 0.717) is 24.5 Å². The van der Waals surface area contributed by atoms with E-state index in [0.717, 1.165) is 10.0 Å². The Morgan fingerprint density at radius 1 is 1.08 bits per heavy atom. The van der Waals surface area contributed by atoms with Crippen LogP contribution in [0.25, 0.3) is 0 Å². The molecule has 5 nitrogen and oxygen atoms in total. The number of hydrogen-bond acceptors (Lipinski definition) is 4. The number of carbonyl (C=O) groups is 2. The fourth-order valence-electron chi connectivity index (χ4n) is 1.98. The second-order valence-electron chi connectivity index (χ2n) is 4.91. The van der Waals surface area contributed by atoms with Crippen molar-refractivity contribution in [2.45, 2.75) is 13.5 Å². The van der Waals surface area contributed by atoms with Crippen molar-refractivity contribution in [1.29, 1.82) is 0 Å². The molecule has 0 fully saturated rings. The monoisotopic (exact) mass is 391 g/mol. The first-order valence-electron chi connectivity index (χ1n) is 7.50. The summed E-state index contributed by atoms with van der Waals surface area (Å²) in [6.07, 6.45) is 0. The van der Waals surface area contributed by atoms with Gasteiger partial charge < -0.3 is 14.8 Å². The van der Waals surface area contributed by atoms with E-state index < -0.39 is 5.97 Å². The van der Waals surface area contributed by atoms with Crippen molar-refractivity contribution in [2.75, 3.05) is 13.2 Å². The van der Waals surface area contributed by atoms with E-state index in [4.69, 9.17) is 9.47 Å². The smallest absolute Gasteiger partial charge is 0.342 e. The van der Waals surface area contributed by atoms with E-state index in [9.17, 15) is 9.59 Å². The molecule has 126 valence electrons. The lowest BCUT2D eigenvalue weighted by Gasteiger charge is -2.10. The average molecular weight is 392 g/mol. The largest absolute Gasteiger partial charge is 0.493 e. The molecule has 0 aliphatic rings. The van der Waals surface area contributed by atoms with Crippen molar-refractivity contribution in [3.8, 4) is 5.75 Å². The van der Waals surface area contributed by atoms with Gasteiger partial charge in [0.2, 0.25) is 0 Å². The Labute approximate surface area is 149 Å². The van der Waals surface area contributed by atoms with Gasteiger partial charge in [0.1, 0.15) is 11.3 Å². The molecular weight excluding hydrogens is 374 g/mol. The maximum absolute atomic E-state index is 12.1. The van der Waals surface area contributed by atoms with E-state index in [1.54, 1.807) is 24.3 Å². The molecule has 0 radical (unpaired) electrons. The first-order chi connectivity index (χ1) is 11.6. The van der Waals surface area contributed by atoms with Gasteiger partial charge in [-0.05, 0) is 36.8 Å². The Morgan fingerprint density at radius 3 is 2.50 bits per heavy atom. The minimum absolute atomic E-state index is 0.306. The number of hydrogen-bond donors (Lipinski definition) is 1. The zero-order valence-electron chi connectivity index (χ0n) is 13.3. The van der Waals surface area contributed by atoms with Crippen molar-refractivity contribution >= 4 is 27.8 Å². The molecule has 0 aromatic heterocycles. The fourth-order valence-corrected chi connectivity index (χ4v) is 2.24. The maximum atomic E-state index is 12.1. The molecule has 0 bridgehead atoms. The summed E-state index contributed by atoms with van der Waals surface area (Å²) in [4.78, 5) is 23.9. The molecule has 24 heavy (non-hydrogen) atoms. The van der Waals surface area contributed by atoms with Gasteiger partial charge in [-0.15, -0.1) is 0 Å². The molecule has 0 saturated carbocycles. The van der Waals surface area contributed by atoms with Gasteiger partial charge in [0.25, 0.3) is 5.91 Å². The number of amides is 1. The molecule has 0 saturated heterocycles. The lowest BCUT2D eigenvalue weighted by atomic mass is 10.2. The summed E-state index contributed by atoms with van der Waals surface area (Å²) >= 11 is 3.35. The van der Waals surface area contributed by atoms with Gasteiger partial charge in [-0.3, -0.25) is 4.79 Å². The van der Waals surface area contributed by atoms with Crippen LogP contribution in [0.3, 0.4) is 0 Å². The number of halogens is 1. The van der Waals surface area contributed by atoms with Gasteiger partial charge in [-0.25, -0.2) is 4.79 Å². The molecule has 1 amide bonds. The molecule has 2 rings (SSSR count). The minimum atomic E-state index is -0.585. The van der Waals surface area contributed by atoms with E-state index in [1.807, 2.05) is 31.2 Å². The Morgan fingerprint density at radius 2 is 1.79 bits per heavy atom. The van der Waals surface area contributed by atoms with Gasteiger partial charge in [-0.2, -0.15) is 0 Å². The third kappa shape index (κ3) is 5.38. The van der Waals surface area contributed by atoms with Crippen LogP contribution in [-0.2, 0) is 16.1 Å². The Balaban J connectivity index is 1.83. The summed E-state index contributed by atoms with van der Waals surface area (Å²) in [5.41, 5.74) is 1.26. The molecule has 2 aromatic carbocycles. The number of ether oxygens (including phenoxy) is 2. The molecule has 0 aliphatic carbocycles. The van der Waals surface area contributed by atoms with Crippen molar-refractivity contribution in [1.82, 2.24) is 5.32 Å². The van der Waals surface area contributed by atoms with E-state index in [1.165, 1.54) is 0 Å². The third-order valence-electron chi connectivity index (χ3n) is 3.14. The Hall–Kier alpha value is -2.34. The number of benzene rings is 2. The third-order valence-corrected chi connectivity index (χ3v) is 3.67. The highest BCUT2D eigenvalue weighted by Crippen LogP contribution is 2.18. The number of para-hydroxylation sites is 1. The highest BCUT2D eigenvalue weighted by atomic mass is 79.9. The van der Waals surface area contributed by atoms with Crippen LogP contribution in [0.2, 0.25) is 0 Å². The number of rotatable bonds is 7. The van der Waals surface area contributed by atoms with Crippen LogP contribution in [0.4, 0.5) is 0 Å². The standard InChI is InChI=1S/C18H18BrNO4/c1-2-23-16-6-4-3-5-15(16)18(22)24-12-17(21)20-11-13-7-9-14(19)10-8-13/h3-10H,2,11-12H2,1H3,(H,20,21). The van der Waals surface area contributed by atoms with Crippen LogP contribution in [0, 0.1) is 0 Å². The topological polar surface area (TPSA) is 64.6 Å². The van der Waals surface area contributed by atoms with Crippen molar-refractivity contribution in [3.05, 3.63) is 64.1 Å². The summed E-state index contributed by atoms with van der Waals surface area (Å²) < 4.78 is 11.4. The Bertz CT molecular complexity index is 700. The quantitative estimate of drug-likeness (QED) is 0.735. The van der Waals surface area contributed by atoms with E-state index >= 15 is 0 Å². The number of nitrogens with one attached hydrogen (secondary N) is 1. The highest BCUT2D eigenvalue weighted by molar-refractivity contribution is 9.10.